The third-order valence-electron chi connectivity index (χ3n) is 5.86. The van der Waals surface area contributed by atoms with Crippen LogP contribution in [0.5, 0.6) is 5.75 Å². The smallest absolute Gasteiger partial charge is 0.230 e. The lowest BCUT2D eigenvalue weighted by Crippen LogP contribution is -2.34. The van der Waals surface area contributed by atoms with Crippen LogP contribution in [0.4, 0.5) is 5.82 Å². The van der Waals surface area contributed by atoms with Crippen molar-refractivity contribution in [3.05, 3.63) is 35.5 Å². The average Bonchev–Trinajstić information content (AvgIpc) is 3.37. The van der Waals surface area contributed by atoms with Gasteiger partial charge in [-0.3, -0.25) is 9.80 Å². The number of carbonyl (C=O) groups is 1. The van der Waals surface area contributed by atoms with Gasteiger partial charge in [0, 0.05) is 13.6 Å². The molecule has 3 heterocycles. The molecule has 33 heavy (non-hydrogen) atoms. The Kier molecular flexibility index (Phi) is 7.71. The second kappa shape index (κ2) is 10.9. The molecule has 3 N–H and O–H groups in total. The Morgan fingerprint density at radius 3 is 2.91 bits per heavy atom. The van der Waals surface area contributed by atoms with Crippen LogP contribution in [0.1, 0.15) is 42.8 Å². The van der Waals surface area contributed by atoms with Crippen LogP contribution in [0.3, 0.4) is 0 Å². The molecule has 0 bridgehead atoms. The predicted molar refractivity (Wildman–Crippen MR) is 127 cm³/mol. The number of rotatable bonds is 8. The zero-order valence-electron chi connectivity index (χ0n) is 19.1. The van der Waals surface area contributed by atoms with E-state index in [1.165, 1.54) is 37.7 Å². The summed E-state index contributed by atoms with van der Waals surface area (Å²) in [6, 6.07) is 7.68. The number of thioether (sulfide) groups is 1. The first kappa shape index (κ1) is 23.4. The molecule has 1 unspecified atom stereocenters. The molecule has 10 nitrogen and oxygen atoms in total. The minimum Gasteiger partial charge on any atom is -0.494 e. The molecule has 1 atom stereocenters. The van der Waals surface area contributed by atoms with Gasteiger partial charge in [0.05, 0.1) is 13.0 Å². The van der Waals surface area contributed by atoms with Crippen LogP contribution in [-0.4, -0.2) is 64.6 Å². The summed E-state index contributed by atoms with van der Waals surface area (Å²) in [5.74, 6) is 1.69. The maximum atomic E-state index is 12.6. The van der Waals surface area contributed by atoms with Crippen molar-refractivity contribution in [3.8, 4) is 5.75 Å². The number of ether oxygens (including phenoxy) is 1. The van der Waals surface area contributed by atoms with E-state index >= 15 is 0 Å². The van der Waals surface area contributed by atoms with Crippen LogP contribution in [0, 0.1) is 5.92 Å². The maximum Gasteiger partial charge on any atom is 0.230 e. The summed E-state index contributed by atoms with van der Waals surface area (Å²) in [5.41, 5.74) is 7.14. The minimum absolute atomic E-state index is 0.155. The number of anilines is 1. The Balaban J connectivity index is 1.21. The summed E-state index contributed by atoms with van der Waals surface area (Å²) in [6.07, 6.45) is 3.80. The molecule has 1 aromatic carbocycles. The van der Waals surface area contributed by atoms with Gasteiger partial charge in [-0.25, -0.2) is 4.63 Å². The van der Waals surface area contributed by atoms with E-state index in [0.29, 0.717) is 17.5 Å². The number of amidine groups is 1. The molecule has 2 aromatic rings. The number of nitrogens with two attached hydrogens (primary N) is 1. The Labute approximate surface area is 197 Å². The van der Waals surface area contributed by atoms with Crippen LogP contribution in [0.25, 0.3) is 0 Å². The van der Waals surface area contributed by atoms with Crippen molar-refractivity contribution in [1.82, 2.24) is 25.5 Å². The largest absolute Gasteiger partial charge is 0.494 e. The molecule has 0 aliphatic carbocycles. The molecule has 2 aliphatic heterocycles. The third kappa shape index (κ3) is 6.38. The van der Waals surface area contributed by atoms with Gasteiger partial charge in [0.15, 0.2) is 16.7 Å². The van der Waals surface area contributed by atoms with Crippen LogP contribution >= 0.6 is 11.8 Å². The summed E-state index contributed by atoms with van der Waals surface area (Å²) >= 11 is 1.33. The van der Waals surface area contributed by atoms with E-state index < -0.39 is 0 Å². The zero-order chi connectivity index (χ0) is 23.2. The van der Waals surface area contributed by atoms with Gasteiger partial charge in [0.25, 0.3) is 0 Å². The fourth-order valence-corrected chi connectivity index (χ4v) is 4.96. The van der Waals surface area contributed by atoms with Crippen LogP contribution < -0.4 is 15.8 Å². The molecule has 2 aliphatic rings. The van der Waals surface area contributed by atoms with Gasteiger partial charge in [-0.1, -0.05) is 30.8 Å². The molecule has 178 valence electrons. The fraction of sp³-hybridized carbons (Fsp3) is 0.545. The number of amides is 1. The molecule has 1 amide bonds. The van der Waals surface area contributed by atoms with Gasteiger partial charge < -0.3 is 20.7 Å². The zero-order valence-corrected chi connectivity index (χ0v) is 19.9. The number of benzene rings is 1. The lowest BCUT2D eigenvalue weighted by molar-refractivity contribution is -0.119. The number of hydrogen-bond acceptors (Lipinski definition) is 10. The number of likely N-dealkylation sites (tertiary alicyclic amines) is 1. The Bertz CT molecular complexity index is 974. The van der Waals surface area contributed by atoms with Crippen LogP contribution in [0.2, 0.25) is 0 Å². The van der Waals surface area contributed by atoms with E-state index in [0.717, 1.165) is 30.2 Å². The molecular weight excluding hydrogens is 442 g/mol. The van der Waals surface area contributed by atoms with E-state index in [2.05, 4.69) is 37.2 Å². The Hall–Kier alpha value is -2.79. The first-order valence-corrected chi connectivity index (χ1v) is 12.2. The number of nitrogens with zero attached hydrogens (tertiary/aromatic N) is 5. The van der Waals surface area contributed by atoms with Crippen molar-refractivity contribution in [3.63, 3.8) is 0 Å². The number of aromatic nitrogens is 2. The second-order valence-electron chi connectivity index (χ2n) is 8.58. The lowest BCUT2D eigenvalue weighted by atomic mass is 9.99. The number of hydrogen-bond donors (Lipinski definition) is 2. The summed E-state index contributed by atoms with van der Waals surface area (Å²) in [7, 11) is 1.78. The fourth-order valence-electron chi connectivity index (χ4n) is 3.92. The monoisotopic (exact) mass is 473 g/mol. The lowest BCUT2D eigenvalue weighted by Gasteiger charge is -2.30. The van der Waals surface area contributed by atoms with Gasteiger partial charge >= 0.3 is 0 Å². The number of hydrazone groups is 1. The second-order valence-corrected chi connectivity index (χ2v) is 9.65. The van der Waals surface area contributed by atoms with E-state index in [9.17, 15) is 4.79 Å². The quantitative estimate of drug-likeness (QED) is 0.557. The number of piperidine rings is 1. The van der Waals surface area contributed by atoms with E-state index in [4.69, 9.17) is 10.5 Å². The molecule has 1 saturated heterocycles. The van der Waals surface area contributed by atoms with E-state index in [-0.39, 0.29) is 23.5 Å². The maximum absolute atomic E-state index is 12.6. The molecule has 1 aromatic heterocycles. The topological polar surface area (TPSA) is 122 Å². The normalized spacial score (nSPS) is 19.5. The van der Waals surface area contributed by atoms with Gasteiger partial charge in [0.2, 0.25) is 5.91 Å². The molecule has 0 saturated carbocycles. The number of carbonyl (C=O) groups excluding carboxylic acids is 1. The Morgan fingerprint density at radius 1 is 1.33 bits per heavy atom. The van der Waals surface area contributed by atoms with Crippen molar-refractivity contribution < 1.29 is 14.2 Å². The highest BCUT2D eigenvalue weighted by Gasteiger charge is 2.32. The Morgan fingerprint density at radius 2 is 2.15 bits per heavy atom. The standard InChI is InChI=1S/C22H31N7O3S/c1-15-7-10-29(11-8-15)9-4-12-31-17-6-3-5-16(13-17)14-18(30)24-22-25-28(2)21(33-22)19-20(23)27-32-26-19/h3,5-6,13,15,21H,4,7-12,14H2,1-2H3,(H2,23,27)(H,24,25,30). The highest BCUT2D eigenvalue weighted by Crippen LogP contribution is 2.38. The van der Waals surface area contributed by atoms with Gasteiger partial charge in [-0.15, -0.1) is 0 Å². The first-order chi connectivity index (χ1) is 16.0. The van der Waals surface area contributed by atoms with E-state index in [1.807, 2.05) is 24.3 Å². The van der Waals surface area contributed by atoms with E-state index in [1.54, 1.807) is 12.1 Å². The minimum atomic E-state index is -0.295. The van der Waals surface area contributed by atoms with Crippen molar-refractivity contribution in [1.29, 1.82) is 0 Å². The molecule has 11 heteroatoms. The SMILES string of the molecule is CC1CCN(CCCOc2cccc(CC(=O)NC3=NN(C)C(c4nonc4N)S3)c2)CC1. The number of nitrogen functional groups attached to an aromatic ring is 1. The summed E-state index contributed by atoms with van der Waals surface area (Å²) in [4.78, 5) is 15.1. The first-order valence-electron chi connectivity index (χ1n) is 11.3. The highest BCUT2D eigenvalue weighted by atomic mass is 32.2. The summed E-state index contributed by atoms with van der Waals surface area (Å²) < 4.78 is 10.6. The molecule has 0 radical (unpaired) electrons. The number of nitrogens with one attached hydrogen (secondary N) is 1. The van der Waals surface area contributed by atoms with Crippen molar-refractivity contribution in [2.45, 2.75) is 38.0 Å². The summed E-state index contributed by atoms with van der Waals surface area (Å²) in [5, 5.41) is 16.5. The van der Waals surface area contributed by atoms with Crippen molar-refractivity contribution >= 4 is 28.7 Å². The van der Waals surface area contributed by atoms with Gasteiger partial charge in [0.1, 0.15) is 11.1 Å². The highest BCUT2D eigenvalue weighted by molar-refractivity contribution is 8.14. The average molecular weight is 474 g/mol. The summed E-state index contributed by atoms with van der Waals surface area (Å²) in [6.45, 7) is 6.45. The van der Waals surface area contributed by atoms with Crippen LogP contribution in [-0.2, 0) is 11.2 Å². The molecule has 4 rings (SSSR count). The molecule has 0 spiro atoms. The van der Waals surface area contributed by atoms with Gasteiger partial charge in [-0.05, 0) is 66.3 Å². The van der Waals surface area contributed by atoms with Crippen LogP contribution in [0.15, 0.2) is 34.0 Å². The molecular formula is C22H31N7O3S. The van der Waals surface area contributed by atoms with Crippen molar-refractivity contribution in [2.24, 2.45) is 11.0 Å². The third-order valence-corrected chi connectivity index (χ3v) is 7.02. The van der Waals surface area contributed by atoms with Crippen molar-refractivity contribution in [2.75, 3.05) is 39.0 Å². The van der Waals surface area contributed by atoms with Gasteiger partial charge in [-0.2, -0.15) is 5.10 Å². The predicted octanol–water partition coefficient (Wildman–Crippen LogP) is 2.46. The molecule has 1 fully saturated rings.